The lowest BCUT2D eigenvalue weighted by Crippen LogP contribution is -2.31. The van der Waals surface area contributed by atoms with Crippen molar-refractivity contribution in [2.75, 3.05) is 13.1 Å². The molecule has 1 aliphatic heterocycles. The number of likely N-dealkylation sites (tertiary alicyclic amines) is 1. The van der Waals surface area contributed by atoms with Crippen LogP contribution < -0.4 is 0 Å². The van der Waals surface area contributed by atoms with E-state index < -0.39 is 18.0 Å². The number of hydrogen-bond donors (Lipinski definition) is 3. The van der Waals surface area contributed by atoms with Crippen LogP contribution in [0.5, 0.6) is 0 Å². The molecule has 0 bridgehead atoms. The molecule has 1 aromatic heterocycles. The van der Waals surface area contributed by atoms with Gasteiger partial charge in [0.2, 0.25) is 0 Å². The van der Waals surface area contributed by atoms with Crippen LogP contribution in [0.4, 0.5) is 0 Å². The lowest BCUT2D eigenvalue weighted by molar-refractivity contribution is 0.0669. The lowest BCUT2D eigenvalue weighted by atomic mass is 10.0. The van der Waals surface area contributed by atoms with Crippen molar-refractivity contribution in [3.63, 3.8) is 0 Å². The highest BCUT2D eigenvalue weighted by atomic mass is 16.4. The van der Waals surface area contributed by atoms with Gasteiger partial charge in [0.15, 0.2) is 11.4 Å². The smallest absolute Gasteiger partial charge is 0.354 e. The number of amides is 1. The summed E-state index contributed by atoms with van der Waals surface area (Å²) < 4.78 is 0. The maximum atomic E-state index is 12.1. The molecule has 2 heterocycles. The van der Waals surface area contributed by atoms with Crippen molar-refractivity contribution in [3.05, 3.63) is 17.7 Å². The van der Waals surface area contributed by atoms with Gasteiger partial charge in [0.05, 0.1) is 12.4 Å². The summed E-state index contributed by atoms with van der Waals surface area (Å²) in [6.07, 6.45) is 1.44. The number of carbonyl (C=O) groups excluding carboxylic acids is 1. The van der Waals surface area contributed by atoms with Crippen LogP contribution in [-0.2, 0) is 0 Å². The zero-order valence-corrected chi connectivity index (χ0v) is 9.96. The third-order valence-electron chi connectivity index (χ3n) is 3.25. The molecule has 98 valence electrons. The number of H-pyrrole nitrogens is 1. The van der Waals surface area contributed by atoms with E-state index >= 15 is 0 Å². The van der Waals surface area contributed by atoms with E-state index in [-0.39, 0.29) is 17.3 Å². The molecule has 1 fully saturated rings. The van der Waals surface area contributed by atoms with Crippen molar-refractivity contribution in [2.24, 2.45) is 5.92 Å². The zero-order valence-electron chi connectivity index (χ0n) is 9.96. The SMILES string of the molecule is CC(O)C1CCN(C(=O)c2nc[nH]c2C(=O)O)C1. The Kier molecular flexibility index (Phi) is 3.33. The van der Waals surface area contributed by atoms with Gasteiger partial charge < -0.3 is 20.1 Å². The van der Waals surface area contributed by atoms with Crippen LogP contribution in [0.25, 0.3) is 0 Å². The number of rotatable bonds is 3. The topological polar surface area (TPSA) is 107 Å². The van der Waals surface area contributed by atoms with E-state index in [4.69, 9.17) is 5.11 Å². The second kappa shape index (κ2) is 4.77. The Hall–Kier alpha value is -1.89. The molecule has 2 atom stereocenters. The van der Waals surface area contributed by atoms with Gasteiger partial charge in [-0.15, -0.1) is 0 Å². The molecule has 7 heteroatoms. The number of aromatic nitrogens is 2. The van der Waals surface area contributed by atoms with Gasteiger partial charge in [0, 0.05) is 19.0 Å². The Morgan fingerprint density at radius 3 is 2.89 bits per heavy atom. The van der Waals surface area contributed by atoms with Gasteiger partial charge in [-0.2, -0.15) is 0 Å². The van der Waals surface area contributed by atoms with Gasteiger partial charge >= 0.3 is 5.97 Å². The minimum atomic E-state index is -1.21. The van der Waals surface area contributed by atoms with Gasteiger partial charge in [-0.05, 0) is 13.3 Å². The maximum Gasteiger partial charge on any atom is 0.354 e. The van der Waals surface area contributed by atoms with Gasteiger partial charge in [0.1, 0.15) is 0 Å². The summed E-state index contributed by atoms with van der Waals surface area (Å²) in [6, 6.07) is 0. The van der Waals surface area contributed by atoms with Crippen molar-refractivity contribution in [1.82, 2.24) is 14.9 Å². The summed E-state index contributed by atoms with van der Waals surface area (Å²) in [5.74, 6) is -1.57. The van der Waals surface area contributed by atoms with E-state index in [0.717, 1.165) is 6.42 Å². The fraction of sp³-hybridized carbons (Fsp3) is 0.545. The molecule has 7 nitrogen and oxygen atoms in total. The van der Waals surface area contributed by atoms with Gasteiger partial charge in [-0.25, -0.2) is 9.78 Å². The molecule has 1 saturated heterocycles. The largest absolute Gasteiger partial charge is 0.477 e. The van der Waals surface area contributed by atoms with Crippen molar-refractivity contribution < 1.29 is 19.8 Å². The van der Waals surface area contributed by atoms with E-state index in [1.807, 2.05) is 0 Å². The highest BCUT2D eigenvalue weighted by molar-refractivity contribution is 6.02. The molecule has 2 unspecified atom stereocenters. The number of hydrogen-bond acceptors (Lipinski definition) is 4. The summed E-state index contributed by atoms with van der Waals surface area (Å²) in [5, 5.41) is 18.4. The molecule has 0 spiro atoms. The first-order chi connectivity index (χ1) is 8.50. The standard InChI is InChI=1S/C11H15N3O4/c1-6(15)7-2-3-14(4-7)10(16)8-9(11(17)18)13-5-12-8/h5-7,15H,2-4H2,1H3,(H,12,13)(H,17,18). The van der Waals surface area contributed by atoms with Crippen LogP contribution in [0.2, 0.25) is 0 Å². The Labute approximate surface area is 103 Å². The average molecular weight is 253 g/mol. The van der Waals surface area contributed by atoms with Crippen LogP contribution in [0, 0.1) is 5.92 Å². The second-order valence-corrected chi connectivity index (χ2v) is 4.47. The molecule has 18 heavy (non-hydrogen) atoms. The van der Waals surface area contributed by atoms with Crippen LogP contribution in [0.15, 0.2) is 6.33 Å². The summed E-state index contributed by atoms with van der Waals surface area (Å²) in [5.41, 5.74) is -0.269. The van der Waals surface area contributed by atoms with Gasteiger partial charge in [-0.3, -0.25) is 4.79 Å². The molecular weight excluding hydrogens is 238 g/mol. The van der Waals surface area contributed by atoms with E-state index in [0.29, 0.717) is 13.1 Å². The van der Waals surface area contributed by atoms with Crippen molar-refractivity contribution in [2.45, 2.75) is 19.4 Å². The number of aromatic amines is 1. The summed E-state index contributed by atoms with van der Waals surface area (Å²) in [7, 11) is 0. The Bertz CT molecular complexity index is 469. The number of aliphatic hydroxyl groups is 1. The van der Waals surface area contributed by atoms with Crippen LogP contribution in [0.3, 0.4) is 0 Å². The molecule has 0 aliphatic carbocycles. The fourth-order valence-electron chi connectivity index (χ4n) is 2.13. The van der Waals surface area contributed by atoms with E-state index in [2.05, 4.69) is 9.97 Å². The fourth-order valence-corrected chi connectivity index (χ4v) is 2.13. The number of carboxylic acids is 1. The summed E-state index contributed by atoms with van der Waals surface area (Å²) in [4.78, 5) is 30.7. The molecule has 1 amide bonds. The number of aromatic carboxylic acids is 1. The predicted octanol–water partition coefficient (Wildman–Crippen LogP) is -0.0492. The number of imidazole rings is 1. The molecule has 0 radical (unpaired) electrons. The van der Waals surface area contributed by atoms with E-state index in [9.17, 15) is 14.7 Å². The number of carboxylic acid groups (broad SMARTS) is 1. The Morgan fingerprint density at radius 1 is 1.61 bits per heavy atom. The van der Waals surface area contributed by atoms with E-state index in [1.165, 1.54) is 11.2 Å². The van der Waals surface area contributed by atoms with E-state index in [1.54, 1.807) is 6.92 Å². The Morgan fingerprint density at radius 2 is 2.33 bits per heavy atom. The Balaban J connectivity index is 2.13. The quantitative estimate of drug-likeness (QED) is 0.700. The molecule has 0 saturated carbocycles. The van der Waals surface area contributed by atoms with Crippen molar-refractivity contribution >= 4 is 11.9 Å². The number of carbonyl (C=O) groups is 2. The van der Waals surface area contributed by atoms with Crippen LogP contribution in [0.1, 0.15) is 34.3 Å². The van der Waals surface area contributed by atoms with Gasteiger partial charge in [0.25, 0.3) is 5.91 Å². The molecule has 1 aliphatic rings. The highest BCUT2D eigenvalue weighted by Gasteiger charge is 2.32. The molecule has 1 aromatic rings. The maximum absolute atomic E-state index is 12.1. The normalized spacial score (nSPS) is 21.0. The first kappa shape index (κ1) is 12.6. The first-order valence-corrected chi connectivity index (χ1v) is 5.74. The molecule has 3 N–H and O–H groups in total. The first-order valence-electron chi connectivity index (χ1n) is 5.74. The minimum Gasteiger partial charge on any atom is -0.477 e. The predicted molar refractivity (Wildman–Crippen MR) is 61.2 cm³/mol. The molecule has 0 aromatic carbocycles. The molecular formula is C11H15N3O4. The summed E-state index contributed by atoms with van der Waals surface area (Å²) in [6.45, 7) is 2.64. The number of nitrogens with zero attached hydrogens (tertiary/aromatic N) is 2. The average Bonchev–Trinajstić information content (AvgIpc) is 2.97. The van der Waals surface area contributed by atoms with Gasteiger partial charge in [-0.1, -0.05) is 0 Å². The van der Waals surface area contributed by atoms with Crippen LogP contribution in [-0.4, -0.2) is 56.2 Å². The monoisotopic (exact) mass is 253 g/mol. The number of nitrogens with one attached hydrogen (secondary N) is 1. The summed E-state index contributed by atoms with van der Waals surface area (Å²) >= 11 is 0. The molecule has 2 rings (SSSR count). The third kappa shape index (κ3) is 2.21. The highest BCUT2D eigenvalue weighted by Crippen LogP contribution is 2.21. The van der Waals surface area contributed by atoms with Crippen LogP contribution >= 0.6 is 0 Å². The zero-order chi connectivity index (χ0) is 13.3. The number of aliphatic hydroxyl groups excluding tert-OH is 1. The third-order valence-corrected chi connectivity index (χ3v) is 3.25. The second-order valence-electron chi connectivity index (χ2n) is 4.47. The minimum absolute atomic E-state index is 0.0427. The lowest BCUT2D eigenvalue weighted by Gasteiger charge is -2.16. The van der Waals surface area contributed by atoms with Crippen molar-refractivity contribution in [3.8, 4) is 0 Å². The van der Waals surface area contributed by atoms with Crippen molar-refractivity contribution in [1.29, 1.82) is 0 Å².